The molecule has 0 aromatic rings. The highest BCUT2D eigenvalue weighted by Gasteiger charge is 2.24. The maximum Gasteiger partial charge on any atom is 0.223 e. The zero-order valence-corrected chi connectivity index (χ0v) is 11.6. The Bertz CT molecular complexity index is 276. The quantitative estimate of drug-likeness (QED) is 0.767. The largest absolute Gasteiger partial charge is 0.356 e. The number of rotatable bonds is 5. The van der Waals surface area contributed by atoms with Crippen LogP contribution in [-0.2, 0) is 15.6 Å². The first-order chi connectivity index (χ1) is 8.00. The normalized spacial score (nSPS) is 28.4. The molecule has 0 bridgehead atoms. The van der Waals surface area contributed by atoms with Gasteiger partial charge in [-0.2, -0.15) is 0 Å². The van der Waals surface area contributed by atoms with Gasteiger partial charge in [0, 0.05) is 40.8 Å². The molecule has 2 unspecified atom stereocenters. The third-order valence-corrected chi connectivity index (χ3v) is 4.93. The third-order valence-electron chi connectivity index (χ3n) is 3.56. The van der Waals surface area contributed by atoms with Crippen molar-refractivity contribution in [1.82, 2.24) is 5.32 Å². The summed E-state index contributed by atoms with van der Waals surface area (Å²) < 4.78 is 11.1. The Morgan fingerprint density at radius 3 is 2.53 bits per heavy atom. The summed E-state index contributed by atoms with van der Waals surface area (Å²) in [5, 5.41) is 3.09. The number of nitrogens with two attached hydrogens (primary N) is 1. The molecule has 1 aliphatic carbocycles. The summed E-state index contributed by atoms with van der Waals surface area (Å²) in [4.78, 5) is 11.8. The van der Waals surface area contributed by atoms with Gasteiger partial charge in [0.05, 0.1) is 0 Å². The fourth-order valence-corrected chi connectivity index (χ4v) is 2.54. The molecule has 100 valence electrons. The van der Waals surface area contributed by atoms with Gasteiger partial charge < -0.3 is 11.1 Å². The third kappa shape index (κ3) is 5.17. The van der Waals surface area contributed by atoms with Crippen molar-refractivity contribution < 1.29 is 9.00 Å². The van der Waals surface area contributed by atoms with E-state index in [2.05, 4.69) is 5.32 Å². The molecule has 1 aliphatic rings. The Hall–Kier alpha value is -0.420. The number of carbonyl (C=O) groups excluding carboxylic acids is 1. The van der Waals surface area contributed by atoms with Crippen molar-refractivity contribution in [2.75, 3.05) is 12.8 Å². The Morgan fingerprint density at radius 1 is 1.41 bits per heavy atom. The van der Waals surface area contributed by atoms with E-state index >= 15 is 0 Å². The van der Waals surface area contributed by atoms with Gasteiger partial charge in [-0.15, -0.1) is 0 Å². The van der Waals surface area contributed by atoms with Crippen molar-refractivity contribution in [3.05, 3.63) is 0 Å². The predicted octanol–water partition coefficient (Wildman–Crippen LogP) is 0.777. The zero-order chi connectivity index (χ0) is 12.8. The molecular weight excluding hydrogens is 236 g/mol. The van der Waals surface area contributed by atoms with Gasteiger partial charge in [-0.1, -0.05) is 6.92 Å². The zero-order valence-electron chi connectivity index (χ0n) is 10.8. The van der Waals surface area contributed by atoms with Crippen LogP contribution in [0.15, 0.2) is 0 Å². The van der Waals surface area contributed by atoms with E-state index in [1.54, 1.807) is 6.26 Å². The number of nitrogens with one attached hydrogen (secondary N) is 1. The van der Waals surface area contributed by atoms with E-state index in [0.717, 1.165) is 32.1 Å². The standard InChI is InChI=1S/C12H24N2O2S/c1-9(17(2)16)7-8-14-12(15)10-3-5-11(13)6-4-10/h9-11H,3-8,13H2,1-2H3,(H,14,15). The first-order valence-electron chi connectivity index (χ1n) is 6.36. The summed E-state index contributed by atoms with van der Waals surface area (Å²) in [6.45, 7) is 2.57. The summed E-state index contributed by atoms with van der Waals surface area (Å²) in [6, 6.07) is 0.279. The van der Waals surface area contributed by atoms with Crippen LogP contribution in [0.25, 0.3) is 0 Å². The molecular formula is C12H24N2O2S. The molecule has 5 heteroatoms. The summed E-state index contributed by atoms with van der Waals surface area (Å²) >= 11 is 0. The van der Waals surface area contributed by atoms with E-state index in [1.807, 2.05) is 6.92 Å². The van der Waals surface area contributed by atoms with E-state index in [-0.39, 0.29) is 23.1 Å². The molecule has 0 spiro atoms. The predicted molar refractivity (Wildman–Crippen MR) is 71.1 cm³/mol. The van der Waals surface area contributed by atoms with Crippen LogP contribution in [0.2, 0.25) is 0 Å². The fraction of sp³-hybridized carbons (Fsp3) is 0.917. The van der Waals surface area contributed by atoms with Crippen molar-refractivity contribution in [3.8, 4) is 0 Å². The van der Waals surface area contributed by atoms with Gasteiger partial charge in [0.2, 0.25) is 5.91 Å². The summed E-state index contributed by atoms with van der Waals surface area (Å²) in [5.41, 5.74) is 5.80. The fourth-order valence-electron chi connectivity index (χ4n) is 2.09. The van der Waals surface area contributed by atoms with Gasteiger partial charge in [-0.25, -0.2) is 0 Å². The van der Waals surface area contributed by atoms with Crippen molar-refractivity contribution >= 4 is 16.7 Å². The van der Waals surface area contributed by atoms with Gasteiger partial charge in [0.15, 0.2) is 0 Å². The molecule has 1 rings (SSSR count). The van der Waals surface area contributed by atoms with Crippen LogP contribution in [0.5, 0.6) is 0 Å². The lowest BCUT2D eigenvalue weighted by Crippen LogP contribution is -2.37. The average Bonchev–Trinajstić information content (AvgIpc) is 2.29. The van der Waals surface area contributed by atoms with E-state index in [1.165, 1.54) is 0 Å². The van der Waals surface area contributed by atoms with E-state index in [0.29, 0.717) is 6.54 Å². The van der Waals surface area contributed by atoms with Crippen LogP contribution in [-0.4, -0.2) is 34.2 Å². The van der Waals surface area contributed by atoms with Crippen molar-refractivity contribution in [2.24, 2.45) is 11.7 Å². The molecule has 17 heavy (non-hydrogen) atoms. The Labute approximate surface area is 106 Å². The minimum Gasteiger partial charge on any atom is -0.356 e. The van der Waals surface area contributed by atoms with Crippen LogP contribution in [0.4, 0.5) is 0 Å². The lowest BCUT2D eigenvalue weighted by molar-refractivity contribution is -0.125. The van der Waals surface area contributed by atoms with Gasteiger partial charge >= 0.3 is 0 Å². The monoisotopic (exact) mass is 260 g/mol. The SMILES string of the molecule is CC(CCNC(=O)C1CCC(N)CC1)S(C)=O. The van der Waals surface area contributed by atoms with Crippen molar-refractivity contribution in [2.45, 2.75) is 50.3 Å². The molecule has 0 aromatic heterocycles. The molecule has 1 saturated carbocycles. The Kier molecular flexibility index (Phi) is 6.12. The molecule has 0 heterocycles. The van der Waals surface area contributed by atoms with Crippen molar-refractivity contribution in [1.29, 1.82) is 0 Å². The van der Waals surface area contributed by atoms with E-state index < -0.39 is 10.8 Å². The summed E-state index contributed by atoms with van der Waals surface area (Å²) in [6.07, 6.45) is 6.20. The molecule has 0 radical (unpaired) electrons. The van der Waals surface area contributed by atoms with Crippen LogP contribution in [0.1, 0.15) is 39.0 Å². The second-order valence-electron chi connectivity index (χ2n) is 5.00. The topological polar surface area (TPSA) is 72.2 Å². The van der Waals surface area contributed by atoms with Crippen LogP contribution >= 0.6 is 0 Å². The average molecular weight is 260 g/mol. The van der Waals surface area contributed by atoms with Gasteiger partial charge in [0.25, 0.3) is 0 Å². The number of carbonyl (C=O) groups is 1. The molecule has 1 fully saturated rings. The lowest BCUT2D eigenvalue weighted by Gasteiger charge is -2.25. The highest BCUT2D eigenvalue weighted by molar-refractivity contribution is 7.84. The molecule has 0 aromatic carbocycles. The number of hydrogen-bond donors (Lipinski definition) is 2. The first-order valence-corrected chi connectivity index (χ1v) is 7.98. The summed E-state index contributed by atoms with van der Waals surface area (Å²) in [7, 11) is -0.802. The highest BCUT2D eigenvalue weighted by Crippen LogP contribution is 2.23. The van der Waals surface area contributed by atoms with Crippen molar-refractivity contribution in [3.63, 3.8) is 0 Å². The highest BCUT2D eigenvalue weighted by atomic mass is 32.2. The molecule has 3 N–H and O–H groups in total. The van der Waals surface area contributed by atoms with E-state index in [4.69, 9.17) is 5.73 Å². The minimum atomic E-state index is -0.802. The Morgan fingerprint density at radius 2 is 2.00 bits per heavy atom. The summed E-state index contributed by atoms with van der Waals surface area (Å²) in [5.74, 6) is 0.281. The number of hydrogen-bond acceptors (Lipinski definition) is 3. The minimum absolute atomic E-state index is 0.136. The first kappa shape index (κ1) is 14.6. The molecule has 0 saturated heterocycles. The lowest BCUT2D eigenvalue weighted by atomic mass is 9.86. The molecule has 2 atom stereocenters. The van der Waals surface area contributed by atoms with Gasteiger partial charge in [0.1, 0.15) is 0 Å². The molecule has 4 nitrogen and oxygen atoms in total. The Balaban J connectivity index is 2.19. The van der Waals surface area contributed by atoms with Crippen LogP contribution in [0.3, 0.4) is 0 Å². The van der Waals surface area contributed by atoms with E-state index in [9.17, 15) is 9.00 Å². The number of amides is 1. The maximum atomic E-state index is 11.8. The molecule has 0 aliphatic heterocycles. The maximum absolute atomic E-state index is 11.8. The molecule has 1 amide bonds. The van der Waals surface area contributed by atoms with Crippen LogP contribution < -0.4 is 11.1 Å². The van der Waals surface area contributed by atoms with Gasteiger partial charge in [-0.05, 0) is 32.1 Å². The second kappa shape index (κ2) is 7.11. The smallest absolute Gasteiger partial charge is 0.223 e. The van der Waals surface area contributed by atoms with Crippen LogP contribution in [0, 0.1) is 5.92 Å². The van der Waals surface area contributed by atoms with Gasteiger partial charge in [-0.3, -0.25) is 9.00 Å². The second-order valence-corrected chi connectivity index (χ2v) is 6.80.